The molecule has 1 aliphatic carbocycles. The van der Waals surface area contributed by atoms with E-state index >= 15 is 0 Å². The highest BCUT2D eigenvalue weighted by atomic mass is 16.3. The van der Waals surface area contributed by atoms with Gasteiger partial charge in [0.25, 0.3) is 0 Å². The molecule has 2 aromatic rings. The van der Waals surface area contributed by atoms with Crippen LogP contribution in [0.25, 0.3) is 0 Å². The first-order valence-corrected chi connectivity index (χ1v) is 8.10. The second-order valence-electron chi connectivity index (χ2n) is 6.42. The summed E-state index contributed by atoms with van der Waals surface area (Å²) in [7, 11) is 0. The van der Waals surface area contributed by atoms with E-state index in [0.29, 0.717) is 6.54 Å². The van der Waals surface area contributed by atoms with Crippen LogP contribution < -0.4 is 4.90 Å². The minimum absolute atomic E-state index is 0.262. The summed E-state index contributed by atoms with van der Waals surface area (Å²) in [6.07, 6.45) is 7.72. The van der Waals surface area contributed by atoms with Crippen molar-refractivity contribution in [3.05, 3.63) is 53.5 Å². The summed E-state index contributed by atoms with van der Waals surface area (Å²) in [5, 5.41) is 10.4. The van der Waals surface area contributed by atoms with Gasteiger partial charge in [-0.1, -0.05) is 6.07 Å². The molecule has 2 aromatic heterocycles. The topological polar surface area (TPSA) is 49.2 Å². The number of hydrogen-bond donors (Lipinski definition) is 1. The van der Waals surface area contributed by atoms with Crippen molar-refractivity contribution in [2.75, 3.05) is 18.0 Å². The molecule has 0 radical (unpaired) electrons. The fourth-order valence-electron chi connectivity index (χ4n) is 3.65. The predicted molar refractivity (Wildman–Crippen MR) is 85.9 cm³/mol. The maximum atomic E-state index is 10.4. The van der Waals surface area contributed by atoms with Crippen LogP contribution in [0.4, 0.5) is 5.82 Å². The van der Waals surface area contributed by atoms with E-state index in [1.807, 2.05) is 24.5 Å². The Morgan fingerprint density at radius 3 is 2.82 bits per heavy atom. The first-order valence-electron chi connectivity index (χ1n) is 8.10. The minimum atomic E-state index is -0.289. The van der Waals surface area contributed by atoms with Crippen molar-refractivity contribution in [3.8, 4) is 0 Å². The van der Waals surface area contributed by atoms with Crippen molar-refractivity contribution in [3.63, 3.8) is 0 Å². The molecule has 0 spiro atoms. The number of pyridine rings is 2. The van der Waals surface area contributed by atoms with Gasteiger partial charge in [-0.25, -0.2) is 4.98 Å². The highest BCUT2D eigenvalue weighted by molar-refractivity contribution is 5.44. The predicted octanol–water partition coefficient (Wildman–Crippen LogP) is 2.01. The zero-order valence-corrected chi connectivity index (χ0v) is 12.7. The monoisotopic (exact) mass is 295 g/mol. The van der Waals surface area contributed by atoms with Gasteiger partial charge in [0.2, 0.25) is 0 Å². The summed E-state index contributed by atoms with van der Waals surface area (Å²) in [6, 6.07) is 8.39. The van der Waals surface area contributed by atoms with Crippen molar-refractivity contribution in [2.45, 2.75) is 31.8 Å². The Kier molecular flexibility index (Phi) is 3.54. The van der Waals surface area contributed by atoms with Crippen molar-refractivity contribution in [1.29, 1.82) is 0 Å². The lowest BCUT2D eigenvalue weighted by atomic mass is 9.97. The molecule has 22 heavy (non-hydrogen) atoms. The molecule has 0 unspecified atom stereocenters. The SMILES string of the molecule is O[C@@H]1CN(c2ccc3c(n2)CCC3)C[C@H]1Cc1ccncc1. The highest BCUT2D eigenvalue weighted by Crippen LogP contribution is 2.28. The molecule has 1 aliphatic heterocycles. The van der Waals surface area contributed by atoms with Gasteiger partial charge in [-0.15, -0.1) is 0 Å². The summed E-state index contributed by atoms with van der Waals surface area (Å²) in [5.74, 6) is 1.29. The molecule has 2 atom stereocenters. The van der Waals surface area contributed by atoms with Crippen LogP contribution in [0.2, 0.25) is 0 Å². The molecule has 0 saturated carbocycles. The Hall–Kier alpha value is -1.94. The van der Waals surface area contributed by atoms with Crippen LogP contribution in [0, 0.1) is 5.92 Å². The van der Waals surface area contributed by atoms with E-state index in [9.17, 15) is 5.11 Å². The second-order valence-corrected chi connectivity index (χ2v) is 6.42. The third-order valence-electron chi connectivity index (χ3n) is 4.89. The van der Waals surface area contributed by atoms with E-state index in [-0.39, 0.29) is 12.0 Å². The Labute approximate surface area is 130 Å². The van der Waals surface area contributed by atoms with Gasteiger partial charge < -0.3 is 10.0 Å². The first kappa shape index (κ1) is 13.7. The molecular weight excluding hydrogens is 274 g/mol. The Bertz CT molecular complexity index is 659. The molecule has 0 bridgehead atoms. The zero-order chi connectivity index (χ0) is 14.9. The Morgan fingerprint density at radius 2 is 1.95 bits per heavy atom. The van der Waals surface area contributed by atoms with Crippen LogP contribution in [0.1, 0.15) is 23.2 Å². The van der Waals surface area contributed by atoms with Gasteiger partial charge in [-0.2, -0.15) is 0 Å². The van der Waals surface area contributed by atoms with Crippen LogP contribution in [-0.4, -0.2) is 34.3 Å². The minimum Gasteiger partial charge on any atom is -0.391 e. The van der Waals surface area contributed by atoms with Gasteiger partial charge in [0.15, 0.2) is 0 Å². The van der Waals surface area contributed by atoms with Crippen molar-refractivity contribution in [1.82, 2.24) is 9.97 Å². The number of hydrogen-bond acceptors (Lipinski definition) is 4. The first-order chi connectivity index (χ1) is 10.8. The number of aliphatic hydroxyl groups excluding tert-OH is 1. The second kappa shape index (κ2) is 5.69. The van der Waals surface area contributed by atoms with Crippen molar-refractivity contribution >= 4 is 5.82 Å². The lowest BCUT2D eigenvalue weighted by Crippen LogP contribution is -2.22. The van der Waals surface area contributed by atoms with E-state index in [1.54, 1.807) is 0 Å². The highest BCUT2D eigenvalue weighted by Gasteiger charge is 2.32. The molecule has 2 aliphatic rings. The number of aliphatic hydroxyl groups is 1. The summed E-state index contributed by atoms with van der Waals surface area (Å²) >= 11 is 0. The van der Waals surface area contributed by atoms with Crippen LogP contribution >= 0.6 is 0 Å². The number of nitrogens with zero attached hydrogens (tertiary/aromatic N) is 3. The van der Waals surface area contributed by atoms with Gasteiger partial charge >= 0.3 is 0 Å². The van der Waals surface area contributed by atoms with Gasteiger partial charge in [0, 0.05) is 37.1 Å². The van der Waals surface area contributed by atoms with E-state index < -0.39 is 0 Å². The summed E-state index contributed by atoms with van der Waals surface area (Å²) in [5.41, 5.74) is 3.89. The van der Waals surface area contributed by atoms with E-state index in [2.05, 4.69) is 22.0 Å². The normalized spacial score (nSPS) is 23.8. The average molecular weight is 295 g/mol. The lowest BCUT2D eigenvalue weighted by Gasteiger charge is -2.18. The van der Waals surface area contributed by atoms with Crippen molar-refractivity contribution < 1.29 is 5.11 Å². The number of aryl methyl sites for hydroxylation is 2. The maximum Gasteiger partial charge on any atom is 0.128 e. The number of aromatic nitrogens is 2. The summed E-state index contributed by atoms with van der Waals surface area (Å²) in [6.45, 7) is 1.55. The maximum absolute atomic E-state index is 10.4. The molecule has 0 aromatic carbocycles. The van der Waals surface area contributed by atoms with E-state index in [1.165, 1.54) is 23.2 Å². The third kappa shape index (κ3) is 2.59. The Balaban J connectivity index is 1.49. The van der Waals surface area contributed by atoms with Crippen LogP contribution in [-0.2, 0) is 19.3 Å². The van der Waals surface area contributed by atoms with E-state index in [4.69, 9.17) is 4.98 Å². The molecule has 4 heteroatoms. The molecule has 0 amide bonds. The van der Waals surface area contributed by atoms with Gasteiger partial charge in [-0.05, 0) is 55.0 Å². The molecule has 3 heterocycles. The third-order valence-corrected chi connectivity index (χ3v) is 4.89. The largest absolute Gasteiger partial charge is 0.391 e. The number of fused-ring (bicyclic) bond motifs is 1. The number of β-amino-alcohol motifs (C(OH)–C–C–N with tert-alkyl or cyclic N) is 1. The zero-order valence-electron chi connectivity index (χ0n) is 12.7. The molecule has 1 saturated heterocycles. The molecular formula is C18H21N3O. The number of anilines is 1. The number of rotatable bonds is 3. The molecule has 1 fully saturated rings. The molecule has 1 N–H and O–H groups in total. The summed E-state index contributed by atoms with van der Waals surface area (Å²) < 4.78 is 0. The lowest BCUT2D eigenvalue weighted by molar-refractivity contribution is 0.148. The summed E-state index contributed by atoms with van der Waals surface area (Å²) in [4.78, 5) is 11.1. The quantitative estimate of drug-likeness (QED) is 0.941. The fraction of sp³-hybridized carbons (Fsp3) is 0.444. The van der Waals surface area contributed by atoms with E-state index in [0.717, 1.165) is 31.6 Å². The van der Waals surface area contributed by atoms with Gasteiger partial charge in [0.05, 0.1) is 6.10 Å². The van der Waals surface area contributed by atoms with Gasteiger partial charge in [0.1, 0.15) is 5.82 Å². The Morgan fingerprint density at radius 1 is 1.09 bits per heavy atom. The van der Waals surface area contributed by atoms with Crippen LogP contribution in [0.3, 0.4) is 0 Å². The average Bonchev–Trinajstić information content (AvgIpc) is 3.15. The standard InChI is InChI=1S/C18H21N3O/c22-17-12-21(11-15(17)10-13-6-8-19-9-7-13)18-5-4-14-2-1-3-16(14)20-18/h4-9,15,17,22H,1-3,10-12H2/t15-,17-/m1/s1. The van der Waals surface area contributed by atoms with Gasteiger partial charge in [-0.3, -0.25) is 4.98 Å². The molecule has 4 nitrogen and oxygen atoms in total. The fourth-order valence-corrected chi connectivity index (χ4v) is 3.65. The molecule has 4 rings (SSSR count). The molecule has 114 valence electrons. The van der Waals surface area contributed by atoms with Crippen LogP contribution in [0.15, 0.2) is 36.7 Å². The smallest absolute Gasteiger partial charge is 0.128 e. The van der Waals surface area contributed by atoms with Crippen molar-refractivity contribution in [2.24, 2.45) is 5.92 Å². The van der Waals surface area contributed by atoms with Crippen LogP contribution in [0.5, 0.6) is 0 Å².